The standard InChI is InChI=1S/C17H25N3O3/c1-13(2)15(18-17(22)23)16(21)20-10-8-19(9-11-20)12-14-6-4-3-5-7-14/h3-7,13,15,18H,8-12H2,1-2H3,(H,22,23). The van der Waals surface area contributed by atoms with Crippen LogP contribution in [0.2, 0.25) is 0 Å². The Morgan fingerprint density at radius 2 is 1.74 bits per heavy atom. The van der Waals surface area contributed by atoms with Crippen LogP contribution in [-0.4, -0.2) is 59.1 Å². The topological polar surface area (TPSA) is 72.9 Å². The zero-order chi connectivity index (χ0) is 16.8. The maximum absolute atomic E-state index is 12.5. The zero-order valence-corrected chi connectivity index (χ0v) is 13.7. The van der Waals surface area contributed by atoms with E-state index in [0.717, 1.165) is 19.6 Å². The Hall–Kier alpha value is -2.08. The molecule has 1 unspecified atom stereocenters. The van der Waals surface area contributed by atoms with E-state index in [0.29, 0.717) is 13.1 Å². The highest BCUT2D eigenvalue weighted by atomic mass is 16.4. The van der Waals surface area contributed by atoms with Gasteiger partial charge in [-0.05, 0) is 11.5 Å². The Labute approximate surface area is 137 Å². The van der Waals surface area contributed by atoms with E-state index in [4.69, 9.17) is 5.11 Å². The van der Waals surface area contributed by atoms with Gasteiger partial charge in [0.1, 0.15) is 6.04 Å². The van der Waals surface area contributed by atoms with Gasteiger partial charge >= 0.3 is 6.09 Å². The van der Waals surface area contributed by atoms with Crippen LogP contribution in [0.3, 0.4) is 0 Å². The van der Waals surface area contributed by atoms with E-state index in [2.05, 4.69) is 22.3 Å². The monoisotopic (exact) mass is 319 g/mol. The van der Waals surface area contributed by atoms with Gasteiger partial charge < -0.3 is 15.3 Å². The third-order valence-electron chi connectivity index (χ3n) is 4.14. The van der Waals surface area contributed by atoms with Crippen LogP contribution < -0.4 is 5.32 Å². The molecule has 1 fully saturated rings. The minimum absolute atomic E-state index is 0.0686. The minimum atomic E-state index is -1.15. The average Bonchev–Trinajstić information content (AvgIpc) is 2.53. The highest BCUT2D eigenvalue weighted by molar-refractivity contribution is 5.85. The van der Waals surface area contributed by atoms with Crippen molar-refractivity contribution >= 4 is 12.0 Å². The van der Waals surface area contributed by atoms with Crippen molar-refractivity contribution in [3.05, 3.63) is 35.9 Å². The number of hydrogen-bond donors (Lipinski definition) is 2. The van der Waals surface area contributed by atoms with Crippen LogP contribution in [0, 0.1) is 5.92 Å². The molecule has 0 aliphatic carbocycles. The molecule has 23 heavy (non-hydrogen) atoms. The molecule has 1 aliphatic heterocycles. The van der Waals surface area contributed by atoms with Crippen LogP contribution in [0.1, 0.15) is 19.4 Å². The smallest absolute Gasteiger partial charge is 0.405 e. The molecule has 2 rings (SSSR count). The number of nitrogens with one attached hydrogen (secondary N) is 1. The Morgan fingerprint density at radius 1 is 1.13 bits per heavy atom. The molecule has 1 heterocycles. The summed E-state index contributed by atoms with van der Waals surface area (Å²) in [6.45, 7) is 7.46. The SMILES string of the molecule is CC(C)C(NC(=O)O)C(=O)N1CCN(Cc2ccccc2)CC1. The van der Waals surface area contributed by atoms with Gasteiger partial charge in [-0.25, -0.2) is 4.79 Å². The molecule has 1 saturated heterocycles. The van der Waals surface area contributed by atoms with Gasteiger partial charge in [-0.3, -0.25) is 9.69 Å². The molecule has 1 aromatic rings. The van der Waals surface area contributed by atoms with Gasteiger partial charge in [0.15, 0.2) is 0 Å². The van der Waals surface area contributed by atoms with Gasteiger partial charge in [-0.2, -0.15) is 0 Å². The van der Waals surface area contributed by atoms with Crippen molar-refractivity contribution in [2.75, 3.05) is 26.2 Å². The highest BCUT2D eigenvalue weighted by Gasteiger charge is 2.30. The summed E-state index contributed by atoms with van der Waals surface area (Å²) in [5.41, 5.74) is 1.26. The van der Waals surface area contributed by atoms with Crippen molar-refractivity contribution in [1.82, 2.24) is 15.1 Å². The Bertz CT molecular complexity index is 525. The third kappa shape index (κ3) is 4.96. The van der Waals surface area contributed by atoms with Crippen molar-refractivity contribution in [3.63, 3.8) is 0 Å². The Morgan fingerprint density at radius 3 is 2.26 bits per heavy atom. The van der Waals surface area contributed by atoms with Gasteiger partial charge in [-0.15, -0.1) is 0 Å². The third-order valence-corrected chi connectivity index (χ3v) is 4.14. The van der Waals surface area contributed by atoms with E-state index in [1.54, 1.807) is 4.90 Å². The van der Waals surface area contributed by atoms with E-state index >= 15 is 0 Å². The number of rotatable bonds is 5. The van der Waals surface area contributed by atoms with Gasteiger partial charge in [0.05, 0.1) is 0 Å². The molecule has 0 saturated carbocycles. The molecule has 2 N–H and O–H groups in total. The van der Waals surface area contributed by atoms with Crippen molar-refractivity contribution in [2.24, 2.45) is 5.92 Å². The predicted octanol–water partition coefficient (Wildman–Crippen LogP) is 1.62. The zero-order valence-electron chi connectivity index (χ0n) is 13.7. The first-order valence-electron chi connectivity index (χ1n) is 8.02. The number of piperazine rings is 1. The Balaban J connectivity index is 1.87. The molecule has 0 bridgehead atoms. The van der Waals surface area contributed by atoms with Crippen LogP contribution >= 0.6 is 0 Å². The lowest BCUT2D eigenvalue weighted by molar-refractivity contribution is -0.136. The first-order valence-corrected chi connectivity index (χ1v) is 8.02. The summed E-state index contributed by atoms with van der Waals surface area (Å²) in [5.74, 6) is -0.192. The summed E-state index contributed by atoms with van der Waals surface area (Å²) < 4.78 is 0. The molecule has 1 atom stereocenters. The lowest BCUT2D eigenvalue weighted by Gasteiger charge is -2.37. The molecule has 126 valence electrons. The number of carbonyl (C=O) groups excluding carboxylic acids is 1. The van der Waals surface area contributed by atoms with Gasteiger partial charge in [0.25, 0.3) is 0 Å². The molecule has 1 aromatic carbocycles. The highest BCUT2D eigenvalue weighted by Crippen LogP contribution is 2.12. The number of carboxylic acid groups (broad SMARTS) is 1. The summed E-state index contributed by atoms with van der Waals surface area (Å²) in [6, 6.07) is 9.58. The molecule has 6 heteroatoms. The second-order valence-electron chi connectivity index (χ2n) is 6.26. The van der Waals surface area contributed by atoms with Crippen LogP contribution in [0.25, 0.3) is 0 Å². The van der Waals surface area contributed by atoms with Gasteiger partial charge in [-0.1, -0.05) is 44.2 Å². The predicted molar refractivity (Wildman–Crippen MR) is 88.1 cm³/mol. The minimum Gasteiger partial charge on any atom is -0.465 e. The normalized spacial score (nSPS) is 17.1. The summed E-state index contributed by atoms with van der Waals surface area (Å²) in [6.07, 6.45) is -1.15. The number of benzene rings is 1. The van der Waals surface area contributed by atoms with Crippen molar-refractivity contribution in [3.8, 4) is 0 Å². The molecule has 1 aliphatic rings. The quantitative estimate of drug-likeness (QED) is 0.865. The lowest BCUT2D eigenvalue weighted by atomic mass is 10.0. The lowest BCUT2D eigenvalue weighted by Crippen LogP contribution is -2.56. The molecule has 2 amide bonds. The van der Waals surface area contributed by atoms with E-state index < -0.39 is 12.1 Å². The fraction of sp³-hybridized carbons (Fsp3) is 0.529. The summed E-state index contributed by atoms with van der Waals surface area (Å²) in [7, 11) is 0. The van der Waals surface area contributed by atoms with E-state index in [-0.39, 0.29) is 11.8 Å². The van der Waals surface area contributed by atoms with E-state index in [9.17, 15) is 9.59 Å². The number of nitrogens with zero attached hydrogens (tertiary/aromatic N) is 2. The molecular formula is C17H25N3O3. The second-order valence-corrected chi connectivity index (χ2v) is 6.26. The Kier molecular flexibility index (Phi) is 5.98. The van der Waals surface area contributed by atoms with E-state index in [1.807, 2.05) is 32.0 Å². The van der Waals surface area contributed by atoms with Crippen LogP contribution in [0.5, 0.6) is 0 Å². The van der Waals surface area contributed by atoms with Crippen molar-refractivity contribution < 1.29 is 14.7 Å². The number of carbonyl (C=O) groups is 2. The largest absolute Gasteiger partial charge is 0.465 e. The van der Waals surface area contributed by atoms with Crippen LogP contribution in [0.4, 0.5) is 4.79 Å². The maximum Gasteiger partial charge on any atom is 0.405 e. The fourth-order valence-corrected chi connectivity index (χ4v) is 2.81. The van der Waals surface area contributed by atoms with Gasteiger partial charge in [0.2, 0.25) is 5.91 Å². The molecule has 0 radical (unpaired) electrons. The first-order chi connectivity index (χ1) is 11.0. The van der Waals surface area contributed by atoms with Gasteiger partial charge in [0, 0.05) is 32.7 Å². The molecular weight excluding hydrogens is 294 g/mol. The molecule has 6 nitrogen and oxygen atoms in total. The number of hydrogen-bond acceptors (Lipinski definition) is 3. The first kappa shape index (κ1) is 17.3. The van der Waals surface area contributed by atoms with Crippen LogP contribution in [0.15, 0.2) is 30.3 Å². The average molecular weight is 319 g/mol. The molecule has 0 spiro atoms. The molecule has 0 aromatic heterocycles. The summed E-state index contributed by atoms with van der Waals surface area (Å²) in [4.78, 5) is 27.5. The number of amides is 2. The fourth-order valence-electron chi connectivity index (χ4n) is 2.81. The van der Waals surface area contributed by atoms with Crippen molar-refractivity contribution in [2.45, 2.75) is 26.4 Å². The second kappa shape index (κ2) is 7.97. The van der Waals surface area contributed by atoms with Crippen LogP contribution in [-0.2, 0) is 11.3 Å². The summed E-state index contributed by atoms with van der Waals surface area (Å²) >= 11 is 0. The van der Waals surface area contributed by atoms with Crippen molar-refractivity contribution in [1.29, 1.82) is 0 Å². The van der Waals surface area contributed by atoms with E-state index in [1.165, 1.54) is 5.56 Å². The summed E-state index contributed by atoms with van der Waals surface area (Å²) in [5, 5.41) is 11.2. The maximum atomic E-state index is 12.5.